The van der Waals surface area contributed by atoms with E-state index in [0.717, 1.165) is 51.5 Å². The standard InChI is InChI=1S/C49H38N2/c1-34-27-36(29-41-20-10-12-26-46(41)45-25-11-9-15-35(45)2)30-44(28-34)49-50-47(42-23-13-21-39(31-42)37-16-5-3-6-17-37)33-48(51-49)43-24-14-22-40(32-43)38-18-7-4-8-19-38/h3-28,30-33H,29H2,1-2H3. The average Bonchev–Trinajstić information content (AvgIpc) is 3.19. The molecular weight excluding hydrogens is 617 g/mol. The molecule has 0 saturated carbocycles. The van der Waals surface area contributed by atoms with Gasteiger partial charge in [0, 0.05) is 16.7 Å². The van der Waals surface area contributed by atoms with E-state index in [1.807, 2.05) is 0 Å². The molecule has 1 aromatic heterocycles. The minimum Gasteiger partial charge on any atom is -0.228 e. The van der Waals surface area contributed by atoms with Crippen LogP contribution in [0, 0.1) is 13.8 Å². The summed E-state index contributed by atoms with van der Waals surface area (Å²) in [7, 11) is 0. The first-order valence-corrected chi connectivity index (χ1v) is 17.5. The largest absolute Gasteiger partial charge is 0.228 e. The Hall–Kier alpha value is -6.38. The molecular formula is C49H38N2. The summed E-state index contributed by atoms with van der Waals surface area (Å²) >= 11 is 0. The van der Waals surface area contributed by atoms with Crippen molar-refractivity contribution >= 4 is 0 Å². The summed E-state index contributed by atoms with van der Waals surface area (Å²) in [5.41, 5.74) is 17.1. The molecule has 0 aliphatic rings. The van der Waals surface area contributed by atoms with Gasteiger partial charge in [-0.25, -0.2) is 9.97 Å². The first kappa shape index (κ1) is 31.9. The van der Waals surface area contributed by atoms with Gasteiger partial charge in [0.05, 0.1) is 11.4 Å². The smallest absolute Gasteiger partial charge is 0.160 e. The van der Waals surface area contributed by atoms with Crippen molar-refractivity contribution in [2.75, 3.05) is 0 Å². The Balaban J connectivity index is 1.24. The SMILES string of the molecule is Cc1cc(Cc2ccccc2-c2ccccc2C)cc(-c2nc(-c3cccc(-c4ccccc4)c3)cc(-c3cccc(-c4ccccc4)c3)n2)c1. The molecule has 0 spiro atoms. The van der Waals surface area contributed by atoms with E-state index in [4.69, 9.17) is 9.97 Å². The zero-order chi connectivity index (χ0) is 34.6. The molecule has 0 saturated heterocycles. The number of benzene rings is 7. The van der Waals surface area contributed by atoms with Gasteiger partial charge in [-0.1, -0.05) is 157 Å². The van der Waals surface area contributed by atoms with Gasteiger partial charge in [0.15, 0.2) is 5.82 Å². The fourth-order valence-electron chi connectivity index (χ4n) is 6.98. The van der Waals surface area contributed by atoms with Gasteiger partial charge in [-0.15, -0.1) is 0 Å². The highest BCUT2D eigenvalue weighted by atomic mass is 14.9. The Labute approximate surface area is 300 Å². The lowest BCUT2D eigenvalue weighted by molar-refractivity contribution is 1.15. The maximum absolute atomic E-state index is 5.27. The maximum atomic E-state index is 5.27. The summed E-state index contributed by atoms with van der Waals surface area (Å²) in [6.45, 7) is 4.35. The van der Waals surface area contributed by atoms with E-state index >= 15 is 0 Å². The minimum atomic E-state index is 0.717. The van der Waals surface area contributed by atoms with Crippen molar-refractivity contribution in [3.63, 3.8) is 0 Å². The summed E-state index contributed by atoms with van der Waals surface area (Å²) in [4.78, 5) is 10.5. The molecule has 0 aliphatic carbocycles. The van der Waals surface area contributed by atoms with E-state index < -0.39 is 0 Å². The molecule has 7 aromatic carbocycles. The van der Waals surface area contributed by atoms with Crippen LogP contribution in [0.5, 0.6) is 0 Å². The van der Waals surface area contributed by atoms with Gasteiger partial charge < -0.3 is 0 Å². The van der Waals surface area contributed by atoms with Crippen LogP contribution >= 0.6 is 0 Å². The van der Waals surface area contributed by atoms with Gasteiger partial charge in [-0.2, -0.15) is 0 Å². The normalized spacial score (nSPS) is 11.0. The molecule has 0 N–H and O–H groups in total. The van der Waals surface area contributed by atoms with Crippen LogP contribution in [-0.4, -0.2) is 9.97 Å². The molecule has 8 rings (SSSR count). The number of hydrogen-bond acceptors (Lipinski definition) is 2. The van der Waals surface area contributed by atoms with Crippen LogP contribution < -0.4 is 0 Å². The highest BCUT2D eigenvalue weighted by molar-refractivity contribution is 5.78. The topological polar surface area (TPSA) is 25.8 Å². The lowest BCUT2D eigenvalue weighted by Crippen LogP contribution is -1.99. The predicted molar refractivity (Wildman–Crippen MR) is 213 cm³/mol. The van der Waals surface area contributed by atoms with Crippen molar-refractivity contribution < 1.29 is 0 Å². The lowest BCUT2D eigenvalue weighted by atomic mass is 9.91. The highest BCUT2D eigenvalue weighted by Gasteiger charge is 2.15. The third-order valence-corrected chi connectivity index (χ3v) is 9.50. The van der Waals surface area contributed by atoms with Crippen LogP contribution in [0.25, 0.3) is 67.3 Å². The number of hydrogen-bond donors (Lipinski definition) is 0. The Morgan fingerprint density at radius 3 is 1.49 bits per heavy atom. The fourth-order valence-corrected chi connectivity index (χ4v) is 6.98. The molecule has 0 fully saturated rings. The number of aryl methyl sites for hydroxylation is 2. The summed E-state index contributed by atoms with van der Waals surface area (Å²) in [6, 6.07) is 64.6. The van der Waals surface area contributed by atoms with E-state index in [1.54, 1.807) is 0 Å². The van der Waals surface area contributed by atoms with Gasteiger partial charge >= 0.3 is 0 Å². The van der Waals surface area contributed by atoms with Gasteiger partial charge in [0.25, 0.3) is 0 Å². The van der Waals surface area contributed by atoms with E-state index in [9.17, 15) is 0 Å². The number of nitrogens with zero attached hydrogens (tertiary/aromatic N) is 2. The van der Waals surface area contributed by atoms with Gasteiger partial charge in [0.1, 0.15) is 0 Å². The Kier molecular flexibility index (Phi) is 8.89. The average molecular weight is 655 g/mol. The quantitative estimate of drug-likeness (QED) is 0.163. The second kappa shape index (κ2) is 14.2. The van der Waals surface area contributed by atoms with Crippen LogP contribution in [0.3, 0.4) is 0 Å². The predicted octanol–water partition coefficient (Wildman–Crippen LogP) is 12.7. The summed E-state index contributed by atoms with van der Waals surface area (Å²) in [6.07, 6.45) is 0.810. The van der Waals surface area contributed by atoms with Crippen molar-refractivity contribution in [3.05, 3.63) is 204 Å². The Morgan fingerprint density at radius 2 is 0.882 bits per heavy atom. The van der Waals surface area contributed by atoms with Crippen molar-refractivity contribution in [2.45, 2.75) is 20.3 Å². The summed E-state index contributed by atoms with van der Waals surface area (Å²) in [5, 5.41) is 0. The molecule has 0 aliphatic heterocycles. The van der Waals surface area contributed by atoms with Crippen LogP contribution in [0.1, 0.15) is 22.3 Å². The molecule has 0 amide bonds. The first-order valence-electron chi connectivity index (χ1n) is 17.5. The Morgan fingerprint density at radius 1 is 0.373 bits per heavy atom. The van der Waals surface area contributed by atoms with Crippen molar-refractivity contribution in [2.24, 2.45) is 0 Å². The molecule has 8 aromatic rings. The second-order valence-electron chi connectivity index (χ2n) is 13.2. The van der Waals surface area contributed by atoms with Crippen molar-refractivity contribution in [1.82, 2.24) is 9.97 Å². The molecule has 0 unspecified atom stereocenters. The monoisotopic (exact) mass is 654 g/mol. The molecule has 2 nitrogen and oxygen atoms in total. The zero-order valence-corrected chi connectivity index (χ0v) is 28.9. The molecule has 0 bridgehead atoms. The van der Waals surface area contributed by atoms with Crippen LogP contribution in [0.4, 0.5) is 0 Å². The molecule has 1 heterocycles. The van der Waals surface area contributed by atoms with Gasteiger partial charge in [0.2, 0.25) is 0 Å². The van der Waals surface area contributed by atoms with Gasteiger partial charge in [-0.3, -0.25) is 0 Å². The first-order chi connectivity index (χ1) is 25.1. The summed E-state index contributed by atoms with van der Waals surface area (Å²) < 4.78 is 0. The van der Waals surface area contributed by atoms with Crippen LogP contribution in [0.2, 0.25) is 0 Å². The van der Waals surface area contributed by atoms with E-state index in [-0.39, 0.29) is 0 Å². The number of rotatable bonds is 8. The van der Waals surface area contributed by atoms with Gasteiger partial charge in [-0.05, 0) is 101 Å². The molecule has 51 heavy (non-hydrogen) atoms. The second-order valence-corrected chi connectivity index (χ2v) is 13.2. The van der Waals surface area contributed by atoms with Crippen LogP contribution in [0.15, 0.2) is 182 Å². The van der Waals surface area contributed by atoms with E-state index in [1.165, 1.54) is 44.5 Å². The molecule has 0 atom stereocenters. The Bertz CT molecular complexity index is 2360. The third-order valence-electron chi connectivity index (χ3n) is 9.50. The number of aromatic nitrogens is 2. The van der Waals surface area contributed by atoms with Crippen molar-refractivity contribution in [1.29, 1.82) is 0 Å². The van der Waals surface area contributed by atoms with Crippen LogP contribution in [-0.2, 0) is 6.42 Å². The lowest BCUT2D eigenvalue weighted by Gasteiger charge is -2.14. The molecule has 0 radical (unpaired) electrons. The zero-order valence-electron chi connectivity index (χ0n) is 28.9. The molecule has 2 heteroatoms. The fraction of sp³-hybridized carbons (Fsp3) is 0.0612. The highest BCUT2D eigenvalue weighted by Crippen LogP contribution is 2.34. The van der Waals surface area contributed by atoms with E-state index in [0.29, 0.717) is 0 Å². The summed E-state index contributed by atoms with van der Waals surface area (Å²) in [5.74, 6) is 0.717. The van der Waals surface area contributed by atoms with Crippen molar-refractivity contribution in [3.8, 4) is 67.3 Å². The molecule has 244 valence electrons. The maximum Gasteiger partial charge on any atom is 0.160 e. The third kappa shape index (κ3) is 7.04. The minimum absolute atomic E-state index is 0.717. The van der Waals surface area contributed by atoms with E-state index in [2.05, 4.69) is 196 Å².